The van der Waals surface area contributed by atoms with Gasteiger partial charge in [-0.05, 0) is 25.7 Å². The lowest BCUT2D eigenvalue weighted by Crippen LogP contribution is -1.95. The lowest BCUT2D eigenvalue weighted by atomic mass is 9.92. The topological polar surface area (TPSA) is 0 Å². The molecular weight excluding hydrogens is 96.1 g/mol. The molecule has 2 aliphatic rings. The Morgan fingerprint density at radius 3 is 1.75 bits per heavy atom. The van der Waals surface area contributed by atoms with E-state index >= 15 is 0 Å². The summed E-state index contributed by atoms with van der Waals surface area (Å²) in [6.07, 6.45) is 5.20. The average Bonchev–Trinajstić information content (AvgIpc) is 1.91. The molecule has 0 radical (unpaired) electrons. The van der Waals surface area contributed by atoms with Crippen LogP contribution in [-0.2, 0) is 0 Å². The van der Waals surface area contributed by atoms with Gasteiger partial charge in [0.15, 0.2) is 0 Å². The van der Waals surface area contributed by atoms with Crippen LogP contribution in [0.3, 0.4) is 0 Å². The Kier molecular flexibility index (Phi) is 0.682. The van der Waals surface area contributed by atoms with Gasteiger partial charge in [-0.25, -0.2) is 0 Å². The first kappa shape index (κ1) is 4.37. The highest BCUT2D eigenvalue weighted by molar-refractivity contribution is 5.38. The lowest BCUT2D eigenvalue weighted by molar-refractivity contribution is 0.800. The van der Waals surface area contributed by atoms with Crippen LogP contribution in [0.25, 0.3) is 0 Å². The van der Waals surface area contributed by atoms with Crippen molar-refractivity contribution in [1.29, 1.82) is 0 Å². The fourth-order valence-corrected chi connectivity index (χ4v) is 1.57. The van der Waals surface area contributed by atoms with Crippen molar-refractivity contribution in [2.24, 2.45) is 0 Å². The van der Waals surface area contributed by atoms with Crippen molar-refractivity contribution in [2.45, 2.75) is 25.7 Å². The summed E-state index contributed by atoms with van der Waals surface area (Å²) in [5.74, 6) is 0. The van der Waals surface area contributed by atoms with Crippen molar-refractivity contribution in [3.63, 3.8) is 0 Å². The molecule has 2 aliphatic carbocycles. The van der Waals surface area contributed by atoms with Crippen LogP contribution in [-0.4, -0.2) is 0 Å². The van der Waals surface area contributed by atoms with Crippen LogP contribution >= 0.6 is 0 Å². The van der Waals surface area contributed by atoms with E-state index in [4.69, 9.17) is 0 Å². The first-order valence-corrected chi connectivity index (χ1v) is 3.22. The van der Waals surface area contributed by atoms with Gasteiger partial charge >= 0.3 is 0 Å². The highest BCUT2D eigenvalue weighted by Crippen LogP contribution is 2.42. The summed E-state index contributed by atoms with van der Waals surface area (Å²) in [7, 11) is 0. The quantitative estimate of drug-likeness (QED) is 0.416. The molecule has 0 bridgehead atoms. The Balaban J connectivity index is 2.28. The minimum atomic E-state index is 1.23. The molecule has 0 saturated carbocycles. The summed E-state index contributed by atoms with van der Waals surface area (Å²) >= 11 is 0. The second-order valence-electron chi connectivity index (χ2n) is 2.81. The maximum Gasteiger partial charge on any atom is -0.0105 e. The van der Waals surface area contributed by atoms with Gasteiger partial charge in [-0.15, -0.1) is 0 Å². The van der Waals surface area contributed by atoms with Crippen LogP contribution in [0.15, 0.2) is 23.3 Å². The van der Waals surface area contributed by atoms with Crippen LogP contribution in [0.2, 0.25) is 0 Å². The molecule has 0 heterocycles. The summed E-state index contributed by atoms with van der Waals surface area (Å²) in [5, 5.41) is 0. The zero-order valence-electron chi connectivity index (χ0n) is 5.04. The van der Waals surface area contributed by atoms with Crippen LogP contribution < -0.4 is 0 Å². The van der Waals surface area contributed by atoms with Gasteiger partial charge in [0.05, 0.1) is 0 Å². The molecule has 0 amide bonds. The predicted octanol–water partition coefficient (Wildman–Crippen LogP) is 2.43. The second kappa shape index (κ2) is 1.25. The fraction of sp³-hybridized carbons (Fsp3) is 0.500. The molecular formula is C8H10. The highest BCUT2D eigenvalue weighted by Gasteiger charge is 2.23. The van der Waals surface area contributed by atoms with E-state index in [0.717, 1.165) is 0 Å². The molecule has 0 aliphatic heterocycles. The molecule has 0 saturated heterocycles. The third kappa shape index (κ3) is 0.405. The Morgan fingerprint density at radius 1 is 1.00 bits per heavy atom. The first-order chi connectivity index (χ1) is 3.86. The van der Waals surface area contributed by atoms with E-state index in [1.165, 1.54) is 31.3 Å². The first-order valence-electron chi connectivity index (χ1n) is 3.22. The van der Waals surface area contributed by atoms with Gasteiger partial charge in [-0.3, -0.25) is 0 Å². The Labute approximate surface area is 49.9 Å². The fourth-order valence-electron chi connectivity index (χ4n) is 1.57. The standard InChI is InChI=1S/C8H10/c1-6-4-7-2-3-8(7)5-6/h1-5H2. The molecule has 0 spiro atoms. The Hall–Kier alpha value is -0.520. The molecule has 0 N–H and O–H groups in total. The Morgan fingerprint density at radius 2 is 1.50 bits per heavy atom. The minimum absolute atomic E-state index is 1.23. The zero-order chi connectivity index (χ0) is 5.56. The Bertz CT molecular complexity index is 154. The number of hydrogen-bond acceptors (Lipinski definition) is 0. The van der Waals surface area contributed by atoms with Gasteiger partial charge < -0.3 is 0 Å². The maximum absolute atomic E-state index is 3.95. The zero-order valence-corrected chi connectivity index (χ0v) is 5.04. The molecule has 8 heavy (non-hydrogen) atoms. The van der Waals surface area contributed by atoms with Gasteiger partial charge in [0.1, 0.15) is 0 Å². The maximum atomic E-state index is 3.95. The molecule has 0 heteroatoms. The highest BCUT2D eigenvalue weighted by atomic mass is 14.3. The van der Waals surface area contributed by atoms with Crippen molar-refractivity contribution in [1.82, 2.24) is 0 Å². The minimum Gasteiger partial charge on any atom is -0.0992 e. The van der Waals surface area contributed by atoms with E-state index in [2.05, 4.69) is 6.58 Å². The molecule has 0 unspecified atom stereocenters. The van der Waals surface area contributed by atoms with Crippen LogP contribution in [0.1, 0.15) is 25.7 Å². The molecule has 2 rings (SSSR count). The average molecular weight is 106 g/mol. The van der Waals surface area contributed by atoms with Crippen molar-refractivity contribution < 1.29 is 0 Å². The number of hydrogen-bond donors (Lipinski definition) is 0. The third-order valence-corrected chi connectivity index (χ3v) is 2.16. The van der Waals surface area contributed by atoms with Gasteiger partial charge in [0.25, 0.3) is 0 Å². The van der Waals surface area contributed by atoms with Crippen LogP contribution in [0.5, 0.6) is 0 Å². The summed E-state index contributed by atoms with van der Waals surface area (Å²) in [4.78, 5) is 0. The third-order valence-electron chi connectivity index (χ3n) is 2.16. The second-order valence-corrected chi connectivity index (χ2v) is 2.81. The predicted molar refractivity (Wildman–Crippen MR) is 34.6 cm³/mol. The molecule has 0 aromatic heterocycles. The normalized spacial score (nSPS) is 25.8. The molecule has 0 atom stereocenters. The van der Waals surface area contributed by atoms with E-state index < -0.39 is 0 Å². The summed E-state index contributed by atoms with van der Waals surface area (Å²) in [6.45, 7) is 3.95. The number of allylic oxidation sites excluding steroid dienone is 3. The summed E-state index contributed by atoms with van der Waals surface area (Å²) < 4.78 is 0. The smallest absolute Gasteiger partial charge is 0.0105 e. The monoisotopic (exact) mass is 106 g/mol. The van der Waals surface area contributed by atoms with E-state index in [-0.39, 0.29) is 0 Å². The molecule has 0 aromatic carbocycles. The van der Waals surface area contributed by atoms with E-state index in [1.807, 2.05) is 0 Å². The van der Waals surface area contributed by atoms with E-state index in [0.29, 0.717) is 0 Å². The SMILES string of the molecule is C=C1CC2=C(CC2)C1. The lowest BCUT2D eigenvalue weighted by Gasteiger charge is -2.14. The molecule has 0 nitrogen and oxygen atoms in total. The van der Waals surface area contributed by atoms with Crippen LogP contribution in [0, 0.1) is 0 Å². The largest absolute Gasteiger partial charge is 0.0992 e. The molecule has 0 fully saturated rings. The summed E-state index contributed by atoms with van der Waals surface area (Å²) in [5.41, 5.74) is 4.84. The van der Waals surface area contributed by atoms with Gasteiger partial charge in [0, 0.05) is 0 Å². The van der Waals surface area contributed by atoms with Crippen molar-refractivity contribution in [3.8, 4) is 0 Å². The van der Waals surface area contributed by atoms with Crippen LogP contribution in [0.4, 0.5) is 0 Å². The van der Waals surface area contributed by atoms with Gasteiger partial charge in [0.2, 0.25) is 0 Å². The molecule has 42 valence electrons. The van der Waals surface area contributed by atoms with Gasteiger partial charge in [-0.1, -0.05) is 23.3 Å². The van der Waals surface area contributed by atoms with Crippen molar-refractivity contribution in [2.75, 3.05) is 0 Å². The van der Waals surface area contributed by atoms with Crippen molar-refractivity contribution >= 4 is 0 Å². The van der Waals surface area contributed by atoms with E-state index in [9.17, 15) is 0 Å². The summed E-state index contributed by atoms with van der Waals surface area (Å²) in [6, 6.07) is 0. The van der Waals surface area contributed by atoms with Crippen molar-refractivity contribution in [3.05, 3.63) is 23.3 Å². The molecule has 0 aromatic rings. The number of rotatable bonds is 0. The van der Waals surface area contributed by atoms with E-state index in [1.54, 1.807) is 11.1 Å². The van der Waals surface area contributed by atoms with Gasteiger partial charge in [-0.2, -0.15) is 0 Å².